The second kappa shape index (κ2) is 8.71. The summed E-state index contributed by atoms with van der Waals surface area (Å²) in [6, 6.07) is 8.28. The molecule has 0 saturated heterocycles. The van der Waals surface area contributed by atoms with E-state index in [-0.39, 0.29) is 23.4 Å². The summed E-state index contributed by atoms with van der Waals surface area (Å²) in [5.41, 5.74) is 1.50. The van der Waals surface area contributed by atoms with Crippen LogP contribution in [0.2, 0.25) is 10.0 Å². The Bertz CT molecular complexity index is 661. The molecular formula is C16H14Cl2F2O2. The molecule has 0 atom stereocenters. The van der Waals surface area contributed by atoms with Crippen molar-refractivity contribution in [3.63, 3.8) is 0 Å². The molecule has 2 aromatic carbocycles. The van der Waals surface area contributed by atoms with Gasteiger partial charge in [0.25, 0.3) is 0 Å². The van der Waals surface area contributed by atoms with Crippen LogP contribution in [0.4, 0.5) is 8.78 Å². The molecule has 0 N–H and O–H groups in total. The lowest BCUT2D eigenvalue weighted by Gasteiger charge is -2.03. The van der Waals surface area contributed by atoms with Crippen LogP contribution in [-0.2, 0) is 16.1 Å². The molecule has 0 aromatic heterocycles. The first-order valence-electron chi connectivity index (χ1n) is 6.28. The molecule has 0 aliphatic carbocycles. The molecule has 0 fully saturated rings. The minimum atomic E-state index is -0.406. The molecule has 0 spiro atoms. The first kappa shape index (κ1) is 18.4. The summed E-state index contributed by atoms with van der Waals surface area (Å²) in [4.78, 5) is 10.5. The molecule has 0 saturated carbocycles. The summed E-state index contributed by atoms with van der Waals surface area (Å²) in [5, 5.41) is 0.747. The Morgan fingerprint density at radius 2 is 1.59 bits per heavy atom. The molecular weight excluding hydrogens is 333 g/mol. The first-order chi connectivity index (χ1) is 10.3. The maximum absolute atomic E-state index is 12.6. The Kier molecular flexibility index (Phi) is 7.28. The van der Waals surface area contributed by atoms with E-state index in [0.717, 1.165) is 5.56 Å². The van der Waals surface area contributed by atoms with E-state index in [1.165, 1.54) is 37.3 Å². The first-order valence-corrected chi connectivity index (χ1v) is 7.04. The van der Waals surface area contributed by atoms with Crippen LogP contribution in [0, 0.1) is 18.6 Å². The Morgan fingerprint density at radius 1 is 1.05 bits per heavy atom. The zero-order valence-corrected chi connectivity index (χ0v) is 13.5. The molecule has 0 bridgehead atoms. The van der Waals surface area contributed by atoms with Gasteiger partial charge >= 0.3 is 5.97 Å². The number of hydrogen-bond acceptors (Lipinski definition) is 2. The van der Waals surface area contributed by atoms with Gasteiger partial charge in [0.05, 0.1) is 5.02 Å². The van der Waals surface area contributed by atoms with Crippen molar-refractivity contribution in [2.24, 2.45) is 0 Å². The molecule has 118 valence electrons. The number of hydrogen-bond donors (Lipinski definition) is 0. The van der Waals surface area contributed by atoms with E-state index in [9.17, 15) is 13.6 Å². The van der Waals surface area contributed by atoms with Crippen LogP contribution in [0.5, 0.6) is 0 Å². The molecule has 2 aromatic rings. The molecule has 6 heteroatoms. The highest BCUT2D eigenvalue weighted by atomic mass is 35.5. The standard InChI is InChI=1S/C9H8ClFO2.C7H6ClF/c1-6(12)13-5-7-2-3-8(11)4-9(7)10;1-5-2-3-6(9)4-7(5)8/h2-4H,5H2,1H3;2-4H,1H3. The van der Waals surface area contributed by atoms with Crippen LogP contribution in [-0.4, -0.2) is 5.97 Å². The minimum absolute atomic E-state index is 0.0778. The van der Waals surface area contributed by atoms with Crippen molar-refractivity contribution in [3.8, 4) is 0 Å². The minimum Gasteiger partial charge on any atom is -0.461 e. The van der Waals surface area contributed by atoms with Crippen molar-refractivity contribution >= 4 is 29.2 Å². The number of carbonyl (C=O) groups is 1. The van der Waals surface area contributed by atoms with Gasteiger partial charge in [0.1, 0.15) is 18.2 Å². The van der Waals surface area contributed by atoms with Gasteiger partial charge in [-0.05, 0) is 36.8 Å². The average molecular weight is 347 g/mol. The molecule has 22 heavy (non-hydrogen) atoms. The van der Waals surface area contributed by atoms with Crippen LogP contribution in [0.15, 0.2) is 36.4 Å². The monoisotopic (exact) mass is 346 g/mol. The van der Waals surface area contributed by atoms with E-state index in [0.29, 0.717) is 10.6 Å². The maximum atomic E-state index is 12.6. The van der Waals surface area contributed by atoms with E-state index >= 15 is 0 Å². The Hall–Kier alpha value is -1.65. The number of aryl methyl sites for hydroxylation is 1. The van der Waals surface area contributed by atoms with Crippen molar-refractivity contribution in [2.45, 2.75) is 20.5 Å². The van der Waals surface area contributed by atoms with Gasteiger partial charge in [0, 0.05) is 17.5 Å². The van der Waals surface area contributed by atoms with Gasteiger partial charge in [-0.1, -0.05) is 35.3 Å². The van der Waals surface area contributed by atoms with Gasteiger partial charge in [-0.15, -0.1) is 0 Å². The van der Waals surface area contributed by atoms with Crippen molar-refractivity contribution in [2.75, 3.05) is 0 Å². The van der Waals surface area contributed by atoms with Crippen LogP contribution >= 0.6 is 23.2 Å². The van der Waals surface area contributed by atoms with Gasteiger partial charge in [0.15, 0.2) is 0 Å². The summed E-state index contributed by atoms with van der Waals surface area (Å²) < 4.78 is 29.5. The largest absolute Gasteiger partial charge is 0.461 e. The van der Waals surface area contributed by atoms with Crippen LogP contribution in [0.3, 0.4) is 0 Å². The van der Waals surface area contributed by atoms with Gasteiger partial charge in [0.2, 0.25) is 0 Å². The maximum Gasteiger partial charge on any atom is 0.302 e. The zero-order chi connectivity index (χ0) is 16.7. The number of esters is 1. The number of ether oxygens (including phenoxy) is 1. The van der Waals surface area contributed by atoms with Crippen molar-refractivity contribution in [1.29, 1.82) is 0 Å². The number of halogens is 4. The lowest BCUT2D eigenvalue weighted by Crippen LogP contribution is -1.99. The molecule has 0 aliphatic heterocycles. The number of carbonyl (C=O) groups excluding carboxylic acids is 1. The lowest BCUT2D eigenvalue weighted by molar-refractivity contribution is -0.142. The SMILES string of the molecule is CC(=O)OCc1ccc(F)cc1Cl.Cc1ccc(F)cc1Cl. The van der Waals surface area contributed by atoms with E-state index in [1.807, 2.05) is 6.92 Å². The molecule has 0 radical (unpaired) electrons. The van der Waals surface area contributed by atoms with Crippen LogP contribution in [0.1, 0.15) is 18.1 Å². The fraction of sp³-hybridized carbons (Fsp3) is 0.188. The quantitative estimate of drug-likeness (QED) is 0.687. The summed E-state index contributed by atoms with van der Waals surface area (Å²) >= 11 is 11.3. The smallest absolute Gasteiger partial charge is 0.302 e. The topological polar surface area (TPSA) is 26.3 Å². The predicted molar refractivity (Wildman–Crippen MR) is 83.0 cm³/mol. The fourth-order valence-electron chi connectivity index (χ4n) is 1.39. The van der Waals surface area contributed by atoms with Crippen molar-refractivity contribution in [1.82, 2.24) is 0 Å². The van der Waals surface area contributed by atoms with Crippen LogP contribution in [0.25, 0.3) is 0 Å². The molecule has 0 amide bonds. The zero-order valence-electron chi connectivity index (χ0n) is 12.0. The highest BCUT2D eigenvalue weighted by Crippen LogP contribution is 2.18. The Labute approximate surface area is 137 Å². The third kappa shape index (κ3) is 6.41. The molecule has 2 rings (SSSR count). The van der Waals surface area contributed by atoms with E-state index in [4.69, 9.17) is 27.9 Å². The van der Waals surface area contributed by atoms with Crippen molar-refractivity contribution in [3.05, 3.63) is 69.2 Å². The summed E-state index contributed by atoms with van der Waals surface area (Å²) in [6.07, 6.45) is 0. The Morgan fingerprint density at radius 3 is 2.05 bits per heavy atom. The van der Waals surface area contributed by atoms with Crippen molar-refractivity contribution < 1.29 is 18.3 Å². The Balaban J connectivity index is 0.000000235. The predicted octanol–water partition coefficient (Wildman–Crippen LogP) is 5.33. The lowest BCUT2D eigenvalue weighted by atomic mass is 10.2. The average Bonchev–Trinajstić information content (AvgIpc) is 2.43. The second-order valence-electron chi connectivity index (χ2n) is 4.41. The fourth-order valence-corrected chi connectivity index (χ4v) is 1.77. The number of rotatable bonds is 2. The van der Waals surface area contributed by atoms with Gasteiger partial charge in [-0.2, -0.15) is 0 Å². The normalized spacial score (nSPS) is 9.73. The molecule has 0 aliphatic rings. The third-order valence-corrected chi connectivity index (χ3v) is 3.34. The summed E-state index contributed by atoms with van der Waals surface area (Å²) in [7, 11) is 0. The highest BCUT2D eigenvalue weighted by molar-refractivity contribution is 6.31. The summed E-state index contributed by atoms with van der Waals surface area (Å²) in [5.74, 6) is -1.08. The molecule has 0 unspecified atom stereocenters. The van der Waals surface area contributed by atoms with Crippen LogP contribution < -0.4 is 0 Å². The third-order valence-electron chi connectivity index (χ3n) is 2.58. The summed E-state index contributed by atoms with van der Waals surface area (Å²) in [6.45, 7) is 3.22. The molecule has 0 heterocycles. The van der Waals surface area contributed by atoms with E-state index in [1.54, 1.807) is 6.07 Å². The molecule has 2 nitrogen and oxygen atoms in total. The van der Waals surface area contributed by atoms with E-state index in [2.05, 4.69) is 0 Å². The van der Waals surface area contributed by atoms with Gasteiger partial charge < -0.3 is 4.74 Å². The second-order valence-corrected chi connectivity index (χ2v) is 5.22. The number of benzene rings is 2. The van der Waals surface area contributed by atoms with Gasteiger partial charge in [-0.25, -0.2) is 8.78 Å². The van der Waals surface area contributed by atoms with E-state index < -0.39 is 5.82 Å². The highest BCUT2D eigenvalue weighted by Gasteiger charge is 2.03. The van der Waals surface area contributed by atoms with Gasteiger partial charge in [-0.3, -0.25) is 4.79 Å².